The van der Waals surface area contributed by atoms with E-state index in [4.69, 9.17) is 5.73 Å². The Morgan fingerprint density at radius 2 is 2.07 bits per heavy atom. The second-order valence-electron chi connectivity index (χ2n) is 3.37. The Balaban J connectivity index is 2.46. The maximum atomic E-state index is 13.4. The molecule has 2 N–H and O–H groups in total. The number of para-hydroxylation sites is 1. The number of halogens is 1. The highest BCUT2D eigenvalue weighted by Gasteiger charge is 2.31. The highest BCUT2D eigenvalue weighted by Crippen LogP contribution is 2.29. The highest BCUT2D eigenvalue weighted by molar-refractivity contribution is 6.16. The summed E-state index contributed by atoms with van der Waals surface area (Å²) in [5.41, 5.74) is 5.74. The zero-order chi connectivity index (χ0) is 11.0. The van der Waals surface area contributed by atoms with Gasteiger partial charge in [0.05, 0.1) is 18.7 Å². The first kappa shape index (κ1) is 9.64. The molecule has 0 aliphatic carbocycles. The van der Waals surface area contributed by atoms with Crippen molar-refractivity contribution in [3.63, 3.8) is 0 Å². The number of anilines is 2. The van der Waals surface area contributed by atoms with Gasteiger partial charge in [0.25, 0.3) is 0 Å². The third-order valence-corrected chi connectivity index (χ3v) is 2.27. The van der Waals surface area contributed by atoms with Crippen molar-refractivity contribution in [2.45, 2.75) is 6.42 Å². The van der Waals surface area contributed by atoms with E-state index >= 15 is 0 Å². The van der Waals surface area contributed by atoms with Gasteiger partial charge in [0.1, 0.15) is 11.5 Å². The topological polar surface area (TPSA) is 63.4 Å². The van der Waals surface area contributed by atoms with Crippen molar-refractivity contribution in [2.75, 3.05) is 17.2 Å². The van der Waals surface area contributed by atoms with Gasteiger partial charge < -0.3 is 10.6 Å². The summed E-state index contributed by atoms with van der Waals surface area (Å²) in [5, 5.41) is 0. The second kappa shape index (κ2) is 3.34. The zero-order valence-corrected chi connectivity index (χ0v) is 7.87. The number of Topliss-reactive ketones (excluding diaryl/α,β-unsaturated/α-hetero) is 1. The molecule has 1 heterocycles. The number of benzene rings is 1. The predicted octanol–water partition coefficient (Wildman–Crippen LogP) is 0.714. The minimum absolute atomic E-state index is 0.00773. The first-order chi connectivity index (χ1) is 7.09. The summed E-state index contributed by atoms with van der Waals surface area (Å²) in [6.07, 6.45) is -0.173. The third kappa shape index (κ3) is 1.56. The van der Waals surface area contributed by atoms with Gasteiger partial charge in [0.2, 0.25) is 5.91 Å². The van der Waals surface area contributed by atoms with Crippen LogP contribution in [0.5, 0.6) is 0 Å². The summed E-state index contributed by atoms with van der Waals surface area (Å²) in [4.78, 5) is 23.5. The van der Waals surface area contributed by atoms with Crippen LogP contribution in [0.15, 0.2) is 18.2 Å². The molecule has 1 aliphatic rings. The van der Waals surface area contributed by atoms with Crippen LogP contribution in [0.3, 0.4) is 0 Å². The molecule has 1 aliphatic heterocycles. The summed E-state index contributed by atoms with van der Waals surface area (Å²) in [7, 11) is 0. The number of nitrogens with two attached hydrogens (primary N) is 1. The molecule has 1 saturated heterocycles. The van der Waals surface area contributed by atoms with Gasteiger partial charge in [-0.05, 0) is 12.1 Å². The van der Waals surface area contributed by atoms with E-state index in [2.05, 4.69) is 0 Å². The van der Waals surface area contributed by atoms with Crippen LogP contribution in [0.4, 0.5) is 15.8 Å². The fraction of sp³-hybridized carbons (Fsp3) is 0.200. The number of carbonyl (C=O) groups is 2. The van der Waals surface area contributed by atoms with Crippen LogP contribution in [0.2, 0.25) is 0 Å². The molecule has 2 rings (SSSR count). The summed E-state index contributed by atoms with van der Waals surface area (Å²) < 4.78 is 13.4. The molecule has 0 aromatic heterocycles. The van der Waals surface area contributed by atoms with E-state index in [1.165, 1.54) is 18.2 Å². The quantitative estimate of drug-likeness (QED) is 0.546. The molecule has 1 amide bonds. The normalized spacial score (nSPS) is 16.2. The molecule has 0 unspecified atom stereocenters. The monoisotopic (exact) mass is 208 g/mol. The van der Waals surface area contributed by atoms with E-state index in [1.54, 1.807) is 0 Å². The Bertz CT molecular complexity index is 425. The van der Waals surface area contributed by atoms with Gasteiger partial charge in [-0.3, -0.25) is 9.59 Å². The van der Waals surface area contributed by atoms with Crippen molar-refractivity contribution < 1.29 is 14.0 Å². The lowest BCUT2D eigenvalue weighted by atomic mass is 10.2. The minimum atomic E-state index is -0.585. The van der Waals surface area contributed by atoms with Gasteiger partial charge in [0, 0.05) is 0 Å². The van der Waals surface area contributed by atoms with Crippen LogP contribution in [0.25, 0.3) is 0 Å². The first-order valence-electron chi connectivity index (χ1n) is 4.45. The molecule has 5 heteroatoms. The highest BCUT2D eigenvalue weighted by atomic mass is 19.1. The molecule has 0 spiro atoms. The number of nitrogen functional groups attached to an aromatic ring is 1. The Morgan fingerprint density at radius 3 is 2.60 bits per heavy atom. The predicted molar refractivity (Wildman–Crippen MR) is 52.8 cm³/mol. The lowest BCUT2D eigenvalue weighted by Crippen LogP contribution is -2.26. The Labute approximate surface area is 85.5 Å². The summed E-state index contributed by atoms with van der Waals surface area (Å²) in [6.45, 7) is -0.0933. The van der Waals surface area contributed by atoms with E-state index in [-0.39, 0.29) is 30.1 Å². The SMILES string of the molecule is Nc1cccc(F)c1N1CC(=O)CC1=O. The van der Waals surface area contributed by atoms with Crippen molar-refractivity contribution in [3.05, 3.63) is 24.0 Å². The molecular formula is C10H9FN2O2. The van der Waals surface area contributed by atoms with Gasteiger partial charge in [-0.1, -0.05) is 6.07 Å². The molecule has 1 aromatic rings. The molecule has 0 saturated carbocycles. The van der Waals surface area contributed by atoms with E-state index in [0.29, 0.717) is 0 Å². The average Bonchev–Trinajstić information content (AvgIpc) is 2.45. The third-order valence-electron chi connectivity index (χ3n) is 2.27. The molecule has 78 valence electrons. The lowest BCUT2D eigenvalue weighted by Gasteiger charge is -2.17. The Morgan fingerprint density at radius 1 is 1.33 bits per heavy atom. The number of hydrogen-bond donors (Lipinski definition) is 1. The van der Waals surface area contributed by atoms with Crippen molar-refractivity contribution in [3.8, 4) is 0 Å². The van der Waals surface area contributed by atoms with Crippen LogP contribution in [-0.4, -0.2) is 18.2 Å². The van der Waals surface area contributed by atoms with Crippen molar-refractivity contribution >= 4 is 23.1 Å². The standard InChI is InChI=1S/C10H9FN2O2/c11-7-2-1-3-8(12)10(7)13-5-6(14)4-9(13)15/h1-3H,4-5,12H2. The lowest BCUT2D eigenvalue weighted by molar-refractivity contribution is -0.121. The maximum absolute atomic E-state index is 13.4. The van der Waals surface area contributed by atoms with Gasteiger partial charge in [0.15, 0.2) is 5.78 Å². The molecule has 0 atom stereocenters. The van der Waals surface area contributed by atoms with Gasteiger partial charge in [-0.2, -0.15) is 0 Å². The number of hydrogen-bond acceptors (Lipinski definition) is 3. The Kier molecular flexibility index (Phi) is 2.15. The van der Waals surface area contributed by atoms with Crippen LogP contribution >= 0.6 is 0 Å². The van der Waals surface area contributed by atoms with E-state index in [0.717, 1.165) is 4.90 Å². The molecular weight excluding hydrogens is 199 g/mol. The van der Waals surface area contributed by atoms with Crippen molar-refractivity contribution in [2.24, 2.45) is 0 Å². The minimum Gasteiger partial charge on any atom is -0.397 e. The fourth-order valence-corrected chi connectivity index (χ4v) is 1.61. The van der Waals surface area contributed by atoms with Gasteiger partial charge >= 0.3 is 0 Å². The number of ketones is 1. The van der Waals surface area contributed by atoms with Crippen LogP contribution in [0, 0.1) is 5.82 Å². The van der Waals surface area contributed by atoms with Crippen LogP contribution in [-0.2, 0) is 9.59 Å². The molecule has 0 radical (unpaired) electrons. The number of amides is 1. The van der Waals surface area contributed by atoms with Crippen molar-refractivity contribution in [1.82, 2.24) is 0 Å². The number of carbonyl (C=O) groups excluding carboxylic acids is 2. The first-order valence-corrected chi connectivity index (χ1v) is 4.45. The smallest absolute Gasteiger partial charge is 0.235 e. The number of nitrogens with zero attached hydrogens (tertiary/aromatic N) is 1. The van der Waals surface area contributed by atoms with Gasteiger partial charge in [-0.15, -0.1) is 0 Å². The second-order valence-corrected chi connectivity index (χ2v) is 3.37. The fourth-order valence-electron chi connectivity index (χ4n) is 1.61. The van der Waals surface area contributed by atoms with E-state index in [9.17, 15) is 14.0 Å². The summed E-state index contributed by atoms with van der Waals surface area (Å²) >= 11 is 0. The zero-order valence-electron chi connectivity index (χ0n) is 7.87. The number of rotatable bonds is 1. The van der Waals surface area contributed by atoms with E-state index in [1.807, 2.05) is 0 Å². The molecule has 4 nitrogen and oxygen atoms in total. The molecule has 1 fully saturated rings. The maximum Gasteiger partial charge on any atom is 0.235 e. The van der Waals surface area contributed by atoms with Crippen LogP contribution in [0.1, 0.15) is 6.42 Å². The van der Waals surface area contributed by atoms with Crippen molar-refractivity contribution in [1.29, 1.82) is 0 Å². The molecule has 1 aromatic carbocycles. The largest absolute Gasteiger partial charge is 0.397 e. The van der Waals surface area contributed by atoms with Gasteiger partial charge in [-0.25, -0.2) is 4.39 Å². The summed E-state index contributed by atoms with van der Waals surface area (Å²) in [6, 6.07) is 4.16. The van der Waals surface area contributed by atoms with E-state index < -0.39 is 11.7 Å². The molecule has 0 bridgehead atoms. The average molecular weight is 208 g/mol. The Hall–Kier alpha value is -1.91. The van der Waals surface area contributed by atoms with Crippen LogP contribution < -0.4 is 10.6 Å². The summed E-state index contributed by atoms with van der Waals surface area (Å²) in [5.74, 6) is -1.21. The molecule has 15 heavy (non-hydrogen) atoms.